The molecule has 120 valence electrons. The molecule has 2 aromatic carbocycles. The molecule has 2 heterocycles. The molecule has 1 unspecified atom stereocenters. The smallest absolute Gasteiger partial charge is 0.148 e. The van der Waals surface area contributed by atoms with Crippen molar-refractivity contribution in [2.45, 2.75) is 12.5 Å². The summed E-state index contributed by atoms with van der Waals surface area (Å²) in [7, 11) is 1.68. The van der Waals surface area contributed by atoms with Gasteiger partial charge in [-0.05, 0) is 42.0 Å². The number of ether oxygens (including phenoxy) is 1. The highest BCUT2D eigenvalue weighted by molar-refractivity contribution is 6.02. The van der Waals surface area contributed by atoms with Gasteiger partial charge in [0.05, 0.1) is 36.5 Å². The highest BCUT2D eigenvalue weighted by Gasteiger charge is 2.22. The van der Waals surface area contributed by atoms with Gasteiger partial charge in [0.15, 0.2) is 0 Å². The molecular weight excluding hydrogens is 300 g/mol. The van der Waals surface area contributed by atoms with Crippen LogP contribution in [0.1, 0.15) is 23.8 Å². The molecule has 0 spiro atoms. The molecule has 1 aliphatic rings. The number of hydrogen-bond acceptors (Lipinski definition) is 4. The predicted octanol–water partition coefficient (Wildman–Crippen LogP) is 4.97. The Labute approximate surface area is 140 Å². The summed E-state index contributed by atoms with van der Waals surface area (Å²) < 4.78 is 10.8. The Bertz CT molecular complexity index is 852. The molecule has 4 heteroatoms. The lowest BCUT2D eigenvalue weighted by molar-refractivity contribution is 0.414. The lowest BCUT2D eigenvalue weighted by atomic mass is 10.00. The Kier molecular flexibility index (Phi) is 3.79. The van der Waals surface area contributed by atoms with Crippen molar-refractivity contribution in [1.82, 2.24) is 0 Å². The van der Waals surface area contributed by atoms with Crippen molar-refractivity contribution in [3.05, 3.63) is 78.3 Å². The fourth-order valence-corrected chi connectivity index (χ4v) is 2.95. The molecule has 1 atom stereocenters. The second-order valence-electron chi connectivity index (χ2n) is 5.73. The first kappa shape index (κ1) is 14.6. The van der Waals surface area contributed by atoms with Gasteiger partial charge in [0.2, 0.25) is 0 Å². The Morgan fingerprint density at radius 1 is 1.04 bits per heavy atom. The number of anilines is 1. The van der Waals surface area contributed by atoms with E-state index in [4.69, 9.17) is 14.1 Å². The van der Waals surface area contributed by atoms with Crippen LogP contribution in [-0.2, 0) is 0 Å². The van der Waals surface area contributed by atoms with Crippen LogP contribution in [0.25, 0.3) is 0 Å². The van der Waals surface area contributed by atoms with Gasteiger partial charge in [0.25, 0.3) is 0 Å². The highest BCUT2D eigenvalue weighted by Crippen LogP contribution is 2.35. The van der Waals surface area contributed by atoms with Gasteiger partial charge in [-0.3, -0.25) is 0 Å². The second-order valence-corrected chi connectivity index (χ2v) is 5.73. The molecule has 24 heavy (non-hydrogen) atoms. The van der Waals surface area contributed by atoms with E-state index in [0.717, 1.165) is 35.0 Å². The van der Waals surface area contributed by atoms with E-state index in [0.29, 0.717) is 0 Å². The van der Waals surface area contributed by atoms with E-state index in [2.05, 4.69) is 23.5 Å². The molecule has 4 rings (SSSR count). The van der Waals surface area contributed by atoms with Crippen molar-refractivity contribution in [2.24, 2.45) is 4.99 Å². The van der Waals surface area contributed by atoms with Crippen LogP contribution in [0.3, 0.4) is 0 Å². The molecule has 0 saturated carbocycles. The van der Waals surface area contributed by atoms with Crippen LogP contribution in [0.15, 0.2) is 76.3 Å². The summed E-state index contributed by atoms with van der Waals surface area (Å²) in [5.74, 6) is 1.67. The first-order valence-corrected chi connectivity index (χ1v) is 7.94. The van der Waals surface area contributed by atoms with Gasteiger partial charge in [-0.1, -0.05) is 24.3 Å². The van der Waals surface area contributed by atoms with Crippen molar-refractivity contribution in [3.8, 4) is 5.75 Å². The first-order valence-electron chi connectivity index (χ1n) is 7.94. The second kappa shape index (κ2) is 6.24. The average Bonchev–Trinajstić information content (AvgIpc) is 3.09. The van der Waals surface area contributed by atoms with Crippen LogP contribution < -0.4 is 10.1 Å². The Morgan fingerprint density at radius 2 is 1.88 bits per heavy atom. The average molecular weight is 318 g/mol. The molecule has 0 saturated heterocycles. The van der Waals surface area contributed by atoms with Crippen LogP contribution in [-0.4, -0.2) is 12.8 Å². The van der Waals surface area contributed by atoms with Crippen molar-refractivity contribution in [1.29, 1.82) is 0 Å². The van der Waals surface area contributed by atoms with Crippen LogP contribution >= 0.6 is 0 Å². The number of aliphatic imine (C=N–C) groups is 1. The molecular formula is C20H18N2O2. The van der Waals surface area contributed by atoms with Crippen LogP contribution in [0, 0.1) is 0 Å². The fraction of sp³-hybridized carbons (Fsp3) is 0.150. The van der Waals surface area contributed by atoms with E-state index in [1.807, 2.05) is 42.5 Å². The zero-order valence-corrected chi connectivity index (χ0v) is 13.4. The van der Waals surface area contributed by atoms with Crippen molar-refractivity contribution >= 4 is 17.1 Å². The van der Waals surface area contributed by atoms with E-state index in [1.165, 1.54) is 5.56 Å². The minimum atomic E-state index is 0.114. The normalized spacial score (nSPS) is 16.5. The molecule has 1 N–H and O–H groups in total. The van der Waals surface area contributed by atoms with E-state index in [-0.39, 0.29) is 6.04 Å². The third-order valence-corrected chi connectivity index (χ3v) is 4.21. The zero-order chi connectivity index (χ0) is 16.4. The van der Waals surface area contributed by atoms with Crippen molar-refractivity contribution < 1.29 is 9.15 Å². The van der Waals surface area contributed by atoms with Crippen LogP contribution in [0.5, 0.6) is 5.75 Å². The summed E-state index contributed by atoms with van der Waals surface area (Å²) in [5, 5.41) is 3.61. The zero-order valence-electron chi connectivity index (χ0n) is 13.4. The summed E-state index contributed by atoms with van der Waals surface area (Å²) in [4.78, 5) is 4.83. The van der Waals surface area contributed by atoms with Gasteiger partial charge in [0, 0.05) is 6.42 Å². The molecule has 1 aliphatic heterocycles. The van der Waals surface area contributed by atoms with E-state index in [1.54, 1.807) is 13.4 Å². The maximum absolute atomic E-state index is 5.59. The number of nitrogens with zero attached hydrogens (tertiary/aromatic N) is 1. The van der Waals surface area contributed by atoms with Gasteiger partial charge in [-0.2, -0.15) is 0 Å². The number of benzene rings is 2. The third-order valence-electron chi connectivity index (χ3n) is 4.21. The minimum absolute atomic E-state index is 0.114. The molecule has 0 aliphatic carbocycles. The summed E-state index contributed by atoms with van der Waals surface area (Å²) in [5.41, 5.74) is 4.09. The van der Waals surface area contributed by atoms with Crippen LogP contribution in [0.2, 0.25) is 0 Å². The molecule has 0 amide bonds. The fourth-order valence-electron chi connectivity index (χ4n) is 2.95. The van der Waals surface area contributed by atoms with E-state index >= 15 is 0 Å². The molecule has 3 aromatic rings. The highest BCUT2D eigenvalue weighted by atomic mass is 16.5. The Balaban J connectivity index is 1.75. The lowest BCUT2D eigenvalue weighted by Gasteiger charge is -2.19. The quantitative estimate of drug-likeness (QED) is 0.742. The van der Waals surface area contributed by atoms with E-state index < -0.39 is 0 Å². The van der Waals surface area contributed by atoms with Crippen molar-refractivity contribution in [2.75, 3.05) is 12.4 Å². The maximum Gasteiger partial charge on any atom is 0.148 e. The van der Waals surface area contributed by atoms with Crippen molar-refractivity contribution in [3.63, 3.8) is 0 Å². The monoisotopic (exact) mass is 318 g/mol. The minimum Gasteiger partial charge on any atom is -0.497 e. The number of fused-ring (bicyclic) bond motifs is 1. The summed E-state index contributed by atoms with van der Waals surface area (Å²) in [6.07, 6.45) is 2.43. The summed E-state index contributed by atoms with van der Waals surface area (Å²) >= 11 is 0. The SMILES string of the molecule is COc1ccc(C2CC(c3ccco3)=Nc3ccccc3N2)cc1. The van der Waals surface area contributed by atoms with Gasteiger partial charge >= 0.3 is 0 Å². The molecule has 1 aromatic heterocycles. The third kappa shape index (κ3) is 2.78. The Morgan fingerprint density at radius 3 is 2.62 bits per heavy atom. The number of furan rings is 1. The van der Waals surface area contributed by atoms with E-state index in [9.17, 15) is 0 Å². The molecule has 0 bridgehead atoms. The largest absolute Gasteiger partial charge is 0.497 e. The molecule has 0 radical (unpaired) electrons. The van der Waals surface area contributed by atoms with Gasteiger partial charge < -0.3 is 14.5 Å². The Hall–Kier alpha value is -3.01. The van der Waals surface area contributed by atoms with Gasteiger partial charge in [0.1, 0.15) is 11.5 Å². The standard InChI is InChI=1S/C20H18N2O2/c1-23-15-10-8-14(9-11-15)18-13-19(20-7-4-12-24-20)22-17-6-3-2-5-16(17)21-18/h2-12,18,21H,13H2,1H3. The van der Waals surface area contributed by atoms with Crippen LogP contribution in [0.4, 0.5) is 11.4 Å². The number of methoxy groups -OCH3 is 1. The van der Waals surface area contributed by atoms with Gasteiger partial charge in [-0.15, -0.1) is 0 Å². The molecule has 4 nitrogen and oxygen atoms in total. The number of rotatable bonds is 3. The number of para-hydroxylation sites is 2. The summed E-state index contributed by atoms with van der Waals surface area (Å²) in [6, 6.07) is 20.2. The number of nitrogens with one attached hydrogen (secondary N) is 1. The summed E-state index contributed by atoms with van der Waals surface area (Å²) in [6.45, 7) is 0. The maximum atomic E-state index is 5.59. The predicted molar refractivity (Wildman–Crippen MR) is 95.3 cm³/mol. The molecule has 0 fully saturated rings. The first-order chi connectivity index (χ1) is 11.8. The topological polar surface area (TPSA) is 46.8 Å². The van der Waals surface area contributed by atoms with Gasteiger partial charge in [-0.25, -0.2) is 4.99 Å². The number of hydrogen-bond donors (Lipinski definition) is 1. The lowest BCUT2D eigenvalue weighted by Crippen LogP contribution is -2.14.